The summed E-state index contributed by atoms with van der Waals surface area (Å²) in [5.41, 5.74) is 1.66. The van der Waals surface area contributed by atoms with Crippen LogP contribution in [0, 0.1) is 0 Å². The molecule has 1 aromatic heterocycles. The van der Waals surface area contributed by atoms with Crippen LogP contribution in [0.3, 0.4) is 0 Å². The van der Waals surface area contributed by atoms with Gasteiger partial charge in [-0.15, -0.1) is 0 Å². The van der Waals surface area contributed by atoms with Crippen LogP contribution < -0.4 is 10.5 Å². The van der Waals surface area contributed by atoms with E-state index >= 15 is 0 Å². The van der Waals surface area contributed by atoms with E-state index in [2.05, 4.69) is 5.32 Å². The van der Waals surface area contributed by atoms with Crippen molar-refractivity contribution in [3.8, 4) is 0 Å². The number of benzene rings is 1. The standard InChI is InChI=1S/C12H13ClN2O2S2/c1-8(9-4-5-18-7-9)15-12-6-10(19(14,16)17)2-3-11(12)13/h2-8,15H,1H3,(H2,14,16,17). The molecule has 0 saturated carbocycles. The fourth-order valence-corrected chi connectivity index (χ4v) is 3.10. The summed E-state index contributed by atoms with van der Waals surface area (Å²) in [7, 11) is -3.73. The summed E-state index contributed by atoms with van der Waals surface area (Å²) < 4.78 is 22.6. The quantitative estimate of drug-likeness (QED) is 0.909. The van der Waals surface area contributed by atoms with Gasteiger partial charge in [0.05, 0.1) is 15.6 Å². The molecule has 0 amide bonds. The Morgan fingerprint density at radius 3 is 2.68 bits per heavy atom. The number of hydrogen-bond acceptors (Lipinski definition) is 4. The van der Waals surface area contributed by atoms with E-state index in [0.29, 0.717) is 10.7 Å². The predicted molar refractivity (Wildman–Crippen MR) is 79.2 cm³/mol. The van der Waals surface area contributed by atoms with Crippen molar-refractivity contribution in [2.24, 2.45) is 5.14 Å². The number of nitrogens with two attached hydrogens (primary N) is 1. The maximum Gasteiger partial charge on any atom is 0.238 e. The second-order valence-electron chi connectivity index (χ2n) is 4.11. The van der Waals surface area contributed by atoms with Crippen LogP contribution in [0.15, 0.2) is 39.9 Å². The molecule has 0 saturated heterocycles. The molecule has 0 spiro atoms. The molecule has 102 valence electrons. The minimum absolute atomic E-state index is 0.0273. The van der Waals surface area contributed by atoms with Gasteiger partial charge in [-0.3, -0.25) is 0 Å². The lowest BCUT2D eigenvalue weighted by atomic mass is 10.1. The molecule has 0 radical (unpaired) electrons. The van der Waals surface area contributed by atoms with Crippen LogP contribution in [0.2, 0.25) is 5.02 Å². The fraction of sp³-hybridized carbons (Fsp3) is 0.167. The zero-order chi connectivity index (χ0) is 14.0. The highest BCUT2D eigenvalue weighted by molar-refractivity contribution is 7.89. The van der Waals surface area contributed by atoms with Gasteiger partial charge in [0, 0.05) is 6.04 Å². The maximum absolute atomic E-state index is 11.3. The van der Waals surface area contributed by atoms with Gasteiger partial charge in [0.2, 0.25) is 10.0 Å². The smallest absolute Gasteiger partial charge is 0.238 e. The Morgan fingerprint density at radius 2 is 2.11 bits per heavy atom. The van der Waals surface area contributed by atoms with Crippen molar-refractivity contribution in [2.45, 2.75) is 17.9 Å². The van der Waals surface area contributed by atoms with Gasteiger partial charge < -0.3 is 5.32 Å². The molecule has 0 aliphatic rings. The molecule has 0 bridgehead atoms. The highest BCUT2D eigenvalue weighted by Gasteiger charge is 2.13. The first kappa shape index (κ1) is 14.3. The largest absolute Gasteiger partial charge is 0.377 e. The lowest BCUT2D eigenvalue weighted by molar-refractivity contribution is 0.598. The molecule has 3 N–H and O–H groups in total. The Hall–Kier alpha value is -1.08. The van der Waals surface area contributed by atoms with E-state index in [4.69, 9.17) is 16.7 Å². The number of primary sulfonamides is 1. The number of hydrogen-bond donors (Lipinski definition) is 2. The van der Waals surface area contributed by atoms with Gasteiger partial charge in [-0.25, -0.2) is 13.6 Å². The Bertz CT molecular complexity index is 669. The van der Waals surface area contributed by atoms with Gasteiger partial charge in [0.15, 0.2) is 0 Å². The number of thiophene rings is 1. The molecule has 7 heteroatoms. The molecule has 1 atom stereocenters. The zero-order valence-corrected chi connectivity index (χ0v) is 12.5. The minimum Gasteiger partial charge on any atom is -0.377 e. The highest BCUT2D eigenvalue weighted by Crippen LogP contribution is 2.29. The fourth-order valence-electron chi connectivity index (χ4n) is 1.63. The summed E-state index contributed by atoms with van der Waals surface area (Å²) in [5, 5.41) is 12.7. The molecule has 4 nitrogen and oxygen atoms in total. The van der Waals surface area contributed by atoms with Crippen LogP contribution in [-0.2, 0) is 10.0 Å². The Kier molecular flexibility index (Phi) is 4.15. The first-order valence-corrected chi connectivity index (χ1v) is 8.35. The van der Waals surface area contributed by atoms with Crippen LogP contribution in [0.4, 0.5) is 5.69 Å². The summed E-state index contributed by atoms with van der Waals surface area (Å²) in [6, 6.07) is 6.38. The normalized spacial score (nSPS) is 13.2. The third-order valence-corrected chi connectivity index (χ3v) is 4.62. The molecular formula is C12H13ClN2O2S2. The lowest BCUT2D eigenvalue weighted by Crippen LogP contribution is -2.13. The molecule has 0 fully saturated rings. The summed E-state index contributed by atoms with van der Waals surface area (Å²) in [6.07, 6.45) is 0. The SMILES string of the molecule is CC(Nc1cc(S(N)(=O)=O)ccc1Cl)c1ccsc1. The predicted octanol–water partition coefficient (Wildman–Crippen LogP) is 3.22. The van der Waals surface area contributed by atoms with Gasteiger partial charge in [-0.2, -0.15) is 11.3 Å². The van der Waals surface area contributed by atoms with Crippen molar-refractivity contribution in [3.05, 3.63) is 45.6 Å². The second kappa shape index (κ2) is 5.50. The number of rotatable bonds is 4. The molecule has 1 heterocycles. The van der Waals surface area contributed by atoms with Gasteiger partial charge in [-0.1, -0.05) is 11.6 Å². The van der Waals surface area contributed by atoms with E-state index in [0.717, 1.165) is 5.56 Å². The average molecular weight is 317 g/mol. The second-order valence-corrected chi connectivity index (χ2v) is 6.86. The molecule has 2 rings (SSSR count). The molecule has 19 heavy (non-hydrogen) atoms. The van der Waals surface area contributed by atoms with Crippen molar-refractivity contribution < 1.29 is 8.42 Å². The third kappa shape index (κ3) is 3.48. The van der Waals surface area contributed by atoms with Crippen molar-refractivity contribution in [1.82, 2.24) is 0 Å². The third-order valence-electron chi connectivity index (χ3n) is 2.68. The van der Waals surface area contributed by atoms with Crippen molar-refractivity contribution in [2.75, 3.05) is 5.32 Å². The molecule has 1 aromatic carbocycles. The topological polar surface area (TPSA) is 72.2 Å². The summed E-state index contributed by atoms with van der Waals surface area (Å²) in [4.78, 5) is 0.0388. The number of sulfonamides is 1. The van der Waals surface area contributed by atoms with Gasteiger partial charge in [0.1, 0.15) is 0 Å². The summed E-state index contributed by atoms with van der Waals surface area (Å²) in [5.74, 6) is 0. The summed E-state index contributed by atoms with van der Waals surface area (Å²) in [6.45, 7) is 1.97. The van der Waals surface area contributed by atoms with Crippen molar-refractivity contribution >= 4 is 38.6 Å². The van der Waals surface area contributed by atoms with E-state index in [-0.39, 0.29) is 10.9 Å². The monoisotopic (exact) mass is 316 g/mol. The van der Waals surface area contributed by atoms with Crippen LogP contribution in [-0.4, -0.2) is 8.42 Å². The molecule has 2 aromatic rings. The number of halogens is 1. The van der Waals surface area contributed by atoms with E-state index in [1.807, 2.05) is 23.8 Å². The van der Waals surface area contributed by atoms with Crippen LogP contribution >= 0.6 is 22.9 Å². The maximum atomic E-state index is 11.3. The lowest BCUT2D eigenvalue weighted by Gasteiger charge is -2.16. The Morgan fingerprint density at radius 1 is 1.37 bits per heavy atom. The number of nitrogens with one attached hydrogen (secondary N) is 1. The first-order valence-electron chi connectivity index (χ1n) is 5.49. The van der Waals surface area contributed by atoms with Crippen LogP contribution in [0.25, 0.3) is 0 Å². The minimum atomic E-state index is -3.73. The molecule has 1 unspecified atom stereocenters. The van der Waals surface area contributed by atoms with Crippen molar-refractivity contribution in [1.29, 1.82) is 0 Å². The van der Waals surface area contributed by atoms with Crippen molar-refractivity contribution in [3.63, 3.8) is 0 Å². The van der Waals surface area contributed by atoms with Crippen LogP contribution in [0.5, 0.6) is 0 Å². The van der Waals surface area contributed by atoms with E-state index in [1.165, 1.54) is 18.2 Å². The summed E-state index contributed by atoms with van der Waals surface area (Å²) >= 11 is 7.66. The van der Waals surface area contributed by atoms with Gasteiger partial charge >= 0.3 is 0 Å². The first-order chi connectivity index (χ1) is 8.88. The highest BCUT2D eigenvalue weighted by atomic mass is 35.5. The number of anilines is 1. The van der Waals surface area contributed by atoms with E-state index in [9.17, 15) is 8.42 Å². The van der Waals surface area contributed by atoms with E-state index in [1.54, 1.807) is 11.3 Å². The molecular weight excluding hydrogens is 304 g/mol. The average Bonchev–Trinajstić information content (AvgIpc) is 2.84. The molecule has 0 aliphatic carbocycles. The molecule has 0 aliphatic heterocycles. The van der Waals surface area contributed by atoms with Crippen LogP contribution in [0.1, 0.15) is 18.5 Å². The zero-order valence-electron chi connectivity index (χ0n) is 10.1. The Labute approximate surface area is 121 Å². The van der Waals surface area contributed by atoms with E-state index < -0.39 is 10.0 Å². The van der Waals surface area contributed by atoms with Gasteiger partial charge in [-0.05, 0) is 47.5 Å². The Balaban J connectivity index is 2.30. The van der Waals surface area contributed by atoms with Gasteiger partial charge in [0.25, 0.3) is 0 Å².